The Bertz CT molecular complexity index is 385. The molecule has 0 saturated carbocycles. The highest BCUT2D eigenvalue weighted by atomic mass is 16.3. The third kappa shape index (κ3) is 6.74. The van der Waals surface area contributed by atoms with Crippen LogP contribution in [0.4, 0.5) is 0 Å². The molecular weight excluding hydrogens is 248 g/mol. The molecule has 1 aromatic rings. The zero-order valence-electron chi connectivity index (χ0n) is 12.7. The maximum absolute atomic E-state index is 11.9. The monoisotopic (exact) mass is 276 g/mol. The predicted octanol–water partition coefficient (Wildman–Crippen LogP) is 5.50. The summed E-state index contributed by atoms with van der Waals surface area (Å²) in [7, 11) is 0. The van der Waals surface area contributed by atoms with E-state index in [0.29, 0.717) is 12.0 Å². The van der Waals surface area contributed by atoms with Gasteiger partial charge in [-0.1, -0.05) is 70.4 Å². The van der Waals surface area contributed by atoms with Crippen LogP contribution in [0, 0.1) is 0 Å². The Morgan fingerprint density at radius 3 is 2.05 bits per heavy atom. The van der Waals surface area contributed by atoms with Gasteiger partial charge in [-0.15, -0.1) is 0 Å². The number of benzene rings is 1. The second-order valence-corrected chi connectivity index (χ2v) is 5.52. The van der Waals surface area contributed by atoms with Crippen molar-refractivity contribution in [3.63, 3.8) is 0 Å². The molecule has 112 valence electrons. The topological polar surface area (TPSA) is 37.3 Å². The van der Waals surface area contributed by atoms with Crippen molar-refractivity contribution in [1.29, 1.82) is 0 Å². The lowest BCUT2D eigenvalue weighted by Crippen LogP contribution is -1.99. The van der Waals surface area contributed by atoms with Gasteiger partial charge in [-0.25, -0.2) is 0 Å². The van der Waals surface area contributed by atoms with Crippen molar-refractivity contribution in [3.8, 4) is 5.75 Å². The van der Waals surface area contributed by atoms with Gasteiger partial charge < -0.3 is 5.11 Å². The Hall–Kier alpha value is -1.31. The van der Waals surface area contributed by atoms with E-state index in [2.05, 4.69) is 6.92 Å². The third-order valence-electron chi connectivity index (χ3n) is 3.71. The molecule has 0 unspecified atom stereocenters. The number of carbonyl (C=O) groups is 1. The van der Waals surface area contributed by atoms with Gasteiger partial charge in [0.25, 0.3) is 0 Å². The summed E-state index contributed by atoms with van der Waals surface area (Å²) >= 11 is 0. The van der Waals surface area contributed by atoms with Crippen LogP contribution in [0.1, 0.15) is 81.5 Å². The highest BCUT2D eigenvalue weighted by molar-refractivity contribution is 5.98. The summed E-state index contributed by atoms with van der Waals surface area (Å²) in [5.74, 6) is 0.166. The number of ketones is 1. The first-order chi connectivity index (χ1) is 9.75. The number of Topliss-reactive ketones (excluding diaryl/α,β-unsaturated/α-hetero) is 1. The molecule has 0 aliphatic rings. The summed E-state index contributed by atoms with van der Waals surface area (Å²) in [6, 6.07) is 6.81. The van der Waals surface area contributed by atoms with Crippen LogP contribution in [0.3, 0.4) is 0 Å². The molecule has 0 heterocycles. The summed E-state index contributed by atoms with van der Waals surface area (Å²) in [5, 5.41) is 9.60. The van der Waals surface area contributed by atoms with E-state index >= 15 is 0 Å². The molecule has 0 aromatic heterocycles. The van der Waals surface area contributed by atoms with Gasteiger partial charge in [-0.3, -0.25) is 4.79 Å². The maximum atomic E-state index is 11.9. The largest absolute Gasteiger partial charge is 0.507 e. The molecule has 0 saturated heterocycles. The number of hydrogen-bond donors (Lipinski definition) is 1. The first-order valence-corrected chi connectivity index (χ1v) is 8.07. The number of phenolic OH excluding ortho intramolecular Hbond substituents is 1. The van der Waals surface area contributed by atoms with E-state index in [0.717, 1.165) is 12.8 Å². The van der Waals surface area contributed by atoms with E-state index in [1.165, 1.54) is 44.9 Å². The Morgan fingerprint density at radius 2 is 1.45 bits per heavy atom. The number of phenols is 1. The molecule has 0 fully saturated rings. The fourth-order valence-corrected chi connectivity index (χ4v) is 2.44. The fourth-order valence-electron chi connectivity index (χ4n) is 2.44. The van der Waals surface area contributed by atoms with Crippen LogP contribution in [0.15, 0.2) is 24.3 Å². The average Bonchev–Trinajstić information content (AvgIpc) is 2.46. The van der Waals surface area contributed by atoms with Gasteiger partial charge in [0, 0.05) is 6.42 Å². The number of para-hydroxylation sites is 1. The highest BCUT2D eigenvalue weighted by Crippen LogP contribution is 2.19. The molecule has 0 spiro atoms. The van der Waals surface area contributed by atoms with Crippen molar-refractivity contribution in [3.05, 3.63) is 29.8 Å². The minimum atomic E-state index is 0.0612. The molecule has 0 atom stereocenters. The Kier molecular flexibility index (Phi) is 8.77. The number of rotatable bonds is 11. The maximum Gasteiger partial charge on any atom is 0.166 e. The summed E-state index contributed by atoms with van der Waals surface area (Å²) in [6.45, 7) is 2.24. The quantitative estimate of drug-likeness (QED) is 0.428. The second kappa shape index (κ2) is 10.5. The number of aromatic hydroxyl groups is 1. The minimum Gasteiger partial charge on any atom is -0.507 e. The molecule has 2 nitrogen and oxygen atoms in total. The van der Waals surface area contributed by atoms with Gasteiger partial charge in [0.15, 0.2) is 5.78 Å². The average molecular weight is 276 g/mol. The van der Waals surface area contributed by atoms with Crippen molar-refractivity contribution in [2.45, 2.75) is 71.1 Å². The molecular formula is C18H28O2. The van der Waals surface area contributed by atoms with Crippen LogP contribution >= 0.6 is 0 Å². The molecule has 1 rings (SSSR count). The molecule has 0 bridgehead atoms. The van der Waals surface area contributed by atoms with Crippen LogP contribution in [0.25, 0.3) is 0 Å². The van der Waals surface area contributed by atoms with Crippen molar-refractivity contribution in [2.24, 2.45) is 0 Å². The van der Waals surface area contributed by atoms with Gasteiger partial charge in [0.2, 0.25) is 0 Å². The smallest absolute Gasteiger partial charge is 0.166 e. The molecule has 0 radical (unpaired) electrons. The Balaban J connectivity index is 2.04. The molecule has 0 amide bonds. The normalized spacial score (nSPS) is 10.7. The summed E-state index contributed by atoms with van der Waals surface area (Å²) in [4.78, 5) is 11.9. The van der Waals surface area contributed by atoms with Gasteiger partial charge >= 0.3 is 0 Å². The van der Waals surface area contributed by atoms with Crippen LogP contribution in [0.2, 0.25) is 0 Å². The molecule has 2 heteroatoms. The standard InChI is InChI=1S/C18H28O2/c1-2-3-4-5-6-7-8-9-10-14-17(19)16-13-11-12-15-18(16)20/h11-13,15,20H,2-10,14H2,1H3. The Labute approximate surface area is 123 Å². The van der Waals surface area contributed by atoms with E-state index in [1.807, 2.05) is 0 Å². The molecule has 1 aromatic carbocycles. The first-order valence-electron chi connectivity index (χ1n) is 8.07. The van der Waals surface area contributed by atoms with Crippen LogP contribution < -0.4 is 0 Å². The molecule has 20 heavy (non-hydrogen) atoms. The lowest BCUT2D eigenvalue weighted by molar-refractivity contribution is 0.0976. The number of unbranched alkanes of at least 4 members (excludes halogenated alkanes) is 8. The van der Waals surface area contributed by atoms with E-state index in [-0.39, 0.29) is 11.5 Å². The van der Waals surface area contributed by atoms with Crippen molar-refractivity contribution in [2.75, 3.05) is 0 Å². The zero-order chi connectivity index (χ0) is 14.6. The van der Waals surface area contributed by atoms with Gasteiger partial charge in [-0.05, 0) is 18.6 Å². The predicted molar refractivity (Wildman–Crippen MR) is 84.3 cm³/mol. The highest BCUT2D eigenvalue weighted by Gasteiger charge is 2.09. The molecule has 1 N–H and O–H groups in total. The lowest BCUT2D eigenvalue weighted by atomic mass is 10.0. The Morgan fingerprint density at radius 1 is 0.900 bits per heavy atom. The van der Waals surface area contributed by atoms with E-state index in [9.17, 15) is 9.90 Å². The molecule has 0 aliphatic carbocycles. The van der Waals surface area contributed by atoms with E-state index in [4.69, 9.17) is 0 Å². The van der Waals surface area contributed by atoms with E-state index < -0.39 is 0 Å². The van der Waals surface area contributed by atoms with Gasteiger partial charge in [0.05, 0.1) is 5.56 Å². The van der Waals surface area contributed by atoms with Gasteiger partial charge in [-0.2, -0.15) is 0 Å². The van der Waals surface area contributed by atoms with Crippen molar-refractivity contribution >= 4 is 5.78 Å². The van der Waals surface area contributed by atoms with Crippen molar-refractivity contribution in [1.82, 2.24) is 0 Å². The van der Waals surface area contributed by atoms with Crippen LogP contribution in [-0.2, 0) is 0 Å². The second-order valence-electron chi connectivity index (χ2n) is 5.52. The van der Waals surface area contributed by atoms with E-state index in [1.54, 1.807) is 24.3 Å². The van der Waals surface area contributed by atoms with Crippen molar-refractivity contribution < 1.29 is 9.90 Å². The molecule has 0 aliphatic heterocycles. The summed E-state index contributed by atoms with van der Waals surface area (Å²) < 4.78 is 0. The number of carbonyl (C=O) groups excluding carboxylic acids is 1. The van der Waals surface area contributed by atoms with Gasteiger partial charge in [0.1, 0.15) is 5.75 Å². The lowest BCUT2D eigenvalue weighted by Gasteiger charge is -2.04. The van der Waals surface area contributed by atoms with Crippen LogP contribution in [0.5, 0.6) is 5.75 Å². The minimum absolute atomic E-state index is 0.0612. The first kappa shape index (κ1) is 16.7. The summed E-state index contributed by atoms with van der Waals surface area (Å²) in [5.41, 5.74) is 0.465. The SMILES string of the molecule is CCCCCCCCCCCC(=O)c1ccccc1O. The zero-order valence-corrected chi connectivity index (χ0v) is 12.7. The summed E-state index contributed by atoms with van der Waals surface area (Å²) in [6.07, 6.45) is 11.8. The van der Waals surface area contributed by atoms with Crippen LogP contribution in [-0.4, -0.2) is 10.9 Å². The fraction of sp³-hybridized carbons (Fsp3) is 0.611. The number of hydrogen-bond acceptors (Lipinski definition) is 2. The third-order valence-corrected chi connectivity index (χ3v) is 3.71.